The molecule has 0 bridgehead atoms. The van der Waals surface area contributed by atoms with Crippen LogP contribution in [0.25, 0.3) is 0 Å². The first-order valence-electron chi connectivity index (χ1n) is 7.85. The summed E-state index contributed by atoms with van der Waals surface area (Å²) in [6.07, 6.45) is -0.299. The highest BCUT2D eigenvalue weighted by molar-refractivity contribution is 8.00. The van der Waals surface area contributed by atoms with Gasteiger partial charge in [-0.05, 0) is 32.0 Å². The van der Waals surface area contributed by atoms with E-state index >= 15 is 0 Å². The minimum Gasteiger partial charge on any atom is -0.481 e. The zero-order valence-corrected chi connectivity index (χ0v) is 15.9. The first kappa shape index (κ1) is 19.9. The van der Waals surface area contributed by atoms with Crippen LogP contribution in [0.4, 0.5) is 10.8 Å². The molecule has 0 aliphatic heterocycles. The number of thiazole rings is 1. The predicted octanol–water partition coefficient (Wildman–Crippen LogP) is 3.37. The molecular formula is C17H19N3O4S2. The number of rotatable bonds is 8. The Morgan fingerprint density at radius 3 is 2.69 bits per heavy atom. The van der Waals surface area contributed by atoms with Crippen LogP contribution >= 0.6 is 23.1 Å². The summed E-state index contributed by atoms with van der Waals surface area (Å²) in [7, 11) is 0. The maximum Gasteiger partial charge on any atom is 0.303 e. The number of carbonyl (C=O) groups is 3. The highest BCUT2D eigenvalue weighted by Crippen LogP contribution is 2.27. The number of nitrogens with zero attached hydrogens (tertiary/aromatic N) is 1. The van der Waals surface area contributed by atoms with Crippen LogP contribution < -0.4 is 10.6 Å². The number of aryl methyl sites for hydroxylation is 1. The van der Waals surface area contributed by atoms with E-state index in [1.54, 1.807) is 25.1 Å². The molecule has 0 aliphatic rings. The highest BCUT2D eigenvalue weighted by Gasteiger charge is 2.16. The van der Waals surface area contributed by atoms with E-state index in [4.69, 9.17) is 5.11 Å². The van der Waals surface area contributed by atoms with Crippen molar-refractivity contribution in [1.29, 1.82) is 0 Å². The molecule has 26 heavy (non-hydrogen) atoms. The minimum absolute atomic E-state index is 0.0846. The summed E-state index contributed by atoms with van der Waals surface area (Å²) in [6, 6.07) is 7.07. The molecule has 0 fully saturated rings. The second-order valence-electron chi connectivity index (χ2n) is 5.51. The van der Waals surface area contributed by atoms with Crippen molar-refractivity contribution in [2.45, 2.75) is 36.8 Å². The van der Waals surface area contributed by atoms with Gasteiger partial charge >= 0.3 is 5.97 Å². The molecule has 7 nitrogen and oxygen atoms in total. The predicted molar refractivity (Wildman–Crippen MR) is 103 cm³/mol. The van der Waals surface area contributed by atoms with Crippen LogP contribution in [0, 0.1) is 6.92 Å². The number of nitrogens with one attached hydrogen (secondary N) is 2. The van der Waals surface area contributed by atoms with Gasteiger partial charge in [0.25, 0.3) is 0 Å². The Labute approximate surface area is 159 Å². The van der Waals surface area contributed by atoms with Crippen LogP contribution in [0.1, 0.15) is 25.5 Å². The third-order valence-electron chi connectivity index (χ3n) is 3.21. The summed E-state index contributed by atoms with van der Waals surface area (Å²) >= 11 is 2.73. The van der Waals surface area contributed by atoms with Crippen molar-refractivity contribution >= 4 is 51.7 Å². The Bertz CT molecular complexity index is 807. The summed E-state index contributed by atoms with van der Waals surface area (Å²) in [5.41, 5.74) is 1.42. The normalized spacial score (nSPS) is 11.6. The summed E-state index contributed by atoms with van der Waals surface area (Å²) in [6.45, 7) is 3.65. The van der Waals surface area contributed by atoms with Gasteiger partial charge in [-0.25, -0.2) is 4.98 Å². The molecule has 1 unspecified atom stereocenters. The van der Waals surface area contributed by atoms with Crippen molar-refractivity contribution < 1.29 is 19.5 Å². The average molecular weight is 393 g/mol. The molecular weight excluding hydrogens is 374 g/mol. The van der Waals surface area contributed by atoms with Gasteiger partial charge in [-0.2, -0.15) is 0 Å². The van der Waals surface area contributed by atoms with E-state index in [1.807, 2.05) is 18.4 Å². The lowest BCUT2D eigenvalue weighted by molar-refractivity contribution is -0.138. The third kappa shape index (κ3) is 6.49. The van der Waals surface area contributed by atoms with Crippen molar-refractivity contribution in [3.05, 3.63) is 35.3 Å². The molecule has 0 aliphatic carbocycles. The van der Waals surface area contributed by atoms with Crippen molar-refractivity contribution in [3.63, 3.8) is 0 Å². The lowest BCUT2D eigenvalue weighted by Gasteiger charge is -2.12. The monoisotopic (exact) mass is 393 g/mol. The second-order valence-corrected chi connectivity index (χ2v) is 7.79. The van der Waals surface area contributed by atoms with Crippen LogP contribution in [0.5, 0.6) is 0 Å². The standard InChI is InChI=1S/C17H19N3O4S2/c1-10-9-25-17(18-10)20-16(24)11(2)26-13-5-3-4-12(8-13)19-14(21)6-7-15(22)23/h3-5,8-9,11H,6-7H2,1-2H3,(H,19,21)(H,22,23)(H,18,20,24). The van der Waals surface area contributed by atoms with Gasteiger partial charge in [0.15, 0.2) is 5.13 Å². The lowest BCUT2D eigenvalue weighted by Crippen LogP contribution is -2.22. The number of amides is 2. The fourth-order valence-corrected chi connectivity index (χ4v) is 3.58. The van der Waals surface area contributed by atoms with Crippen molar-refractivity contribution in [1.82, 2.24) is 4.98 Å². The molecule has 1 heterocycles. The van der Waals surface area contributed by atoms with Crippen molar-refractivity contribution in [2.75, 3.05) is 10.6 Å². The number of thioether (sulfide) groups is 1. The van der Waals surface area contributed by atoms with Gasteiger partial charge in [-0.1, -0.05) is 6.07 Å². The fourth-order valence-electron chi connectivity index (χ4n) is 1.97. The average Bonchev–Trinajstić information content (AvgIpc) is 2.98. The Morgan fingerprint density at radius 2 is 2.04 bits per heavy atom. The number of aliphatic carboxylic acids is 1. The molecule has 1 atom stereocenters. The molecule has 2 rings (SSSR count). The van der Waals surface area contributed by atoms with Crippen LogP contribution in [0.3, 0.4) is 0 Å². The molecule has 9 heteroatoms. The van der Waals surface area contributed by atoms with Gasteiger partial charge in [0.1, 0.15) is 0 Å². The quantitative estimate of drug-likeness (QED) is 0.593. The Hall–Kier alpha value is -2.39. The molecule has 138 valence electrons. The highest BCUT2D eigenvalue weighted by atomic mass is 32.2. The molecule has 3 N–H and O–H groups in total. The van der Waals surface area contributed by atoms with E-state index in [-0.39, 0.29) is 29.9 Å². The van der Waals surface area contributed by atoms with E-state index in [1.165, 1.54) is 23.1 Å². The molecule has 0 saturated carbocycles. The number of benzene rings is 1. The van der Waals surface area contributed by atoms with E-state index in [2.05, 4.69) is 15.6 Å². The van der Waals surface area contributed by atoms with Crippen molar-refractivity contribution in [2.24, 2.45) is 0 Å². The summed E-state index contributed by atoms with van der Waals surface area (Å²) in [5.74, 6) is -1.53. The van der Waals surface area contributed by atoms with E-state index in [0.29, 0.717) is 10.8 Å². The van der Waals surface area contributed by atoms with Gasteiger partial charge in [-0.3, -0.25) is 14.4 Å². The molecule has 0 radical (unpaired) electrons. The lowest BCUT2D eigenvalue weighted by atomic mass is 10.2. The van der Waals surface area contributed by atoms with Gasteiger partial charge in [0, 0.05) is 22.4 Å². The van der Waals surface area contributed by atoms with Gasteiger partial charge in [-0.15, -0.1) is 23.1 Å². The largest absolute Gasteiger partial charge is 0.481 e. The molecule has 0 spiro atoms. The van der Waals surface area contributed by atoms with Gasteiger partial charge in [0.2, 0.25) is 11.8 Å². The smallest absolute Gasteiger partial charge is 0.303 e. The third-order valence-corrected chi connectivity index (χ3v) is 5.18. The molecule has 2 aromatic rings. The molecule has 1 aromatic heterocycles. The van der Waals surface area contributed by atoms with Crippen LogP contribution in [-0.4, -0.2) is 33.1 Å². The van der Waals surface area contributed by atoms with Crippen LogP contribution in [0.2, 0.25) is 0 Å². The first-order valence-corrected chi connectivity index (χ1v) is 9.61. The number of carbonyl (C=O) groups excluding carboxylic acids is 2. The van der Waals surface area contributed by atoms with Gasteiger partial charge < -0.3 is 15.7 Å². The maximum absolute atomic E-state index is 12.2. The van der Waals surface area contributed by atoms with Crippen molar-refractivity contribution in [3.8, 4) is 0 Å². The van der Waals surface area contributed by atoms with Crippen LogP contribution in [0.15, 0.2) is 34.5 Å². The van der Waals surface area contributed by atoms with E-state index < -0.39 is 5.97 Å². The Kier molecular flexibility index (Phi) is 7.16. The number of carboxylic acid groups (broad SMARTS) is 1. The fraction of sp³-hybridized carbons (Fsp3) is 0.294. The number of anilines is 2. The first-order chi connectivity index (χ1) is 12.3. The summed E-state index contributed by atoms with van der Waals surface area (Å²) in [5, 5.41) is 16.1. The second kappa shape index (κ2) is 9.35. The minimum atomic E-state index is -1.01. The molecule has 1 aromatic carbocycles. The van der Waals surface area contributed by atoms with E-state index in [0.717, 1.165) is 10.6 Å². The van der Waals surface area contributed by atoms with Crippen LogP contribution in [-0.2, 0) is 14.4 Å². The maximum atomic E-state index is 12.2. The number of aromatic nitrogens is 1. The van der Waals surface area contributed by atoms with E-state index in [9.17, 15) is 14.4 Å². The number of hydrogen-bond acceptors (Lipinski definition) is 6. The number of hydrogen-bond donors (Lipinski definition) is 3. The molecule has 2 amide bonds. The zero-order chi connectivity index (χ0) is 19.1. The zero-order valence-electron chi connectivity index (χ0n) is 14.3. The SMILES string of the molecule is Cc1csc(NC(=O)C(C)Sc2cccc(NC(=O)CCC(=O)O)c2)n1. The Morgan fingerprint density at radius 1 is 1.27 bits per heavy atom. The number of carboxylic acids is 1. The molecule has 0 saturated heterocycles. The summed E-state index contributed by atoms with van der Waals surface area (Å²) in [4.78, 5) is 39.5. The van der Waals surface area contributed by atoms with Gasteiger partial charge in [0.05, 0.1) is 17.4 Å². The topological polar surface area (TPSA) is 108 Å². The Balaban J connectivity index is 1.91. The summed E-state index contributed by atoms with van der Waals surface area (Å²) < 4.78 is 0.